The van der Waals surface area contributed by atoms with Gasteiger partial charge < -0.3 is 25.1 Å². The Hall–Kier alpha value is -3.32. The van der Waals surface area contributed by atoms with Gasteiger partial charge in [-0.25, -0.2) is 4.79 Å². The molecule has 1 atom stereocenters. The number of urea groups is 1. The first kappa shape index (κ1) is 18.1. The van der Waals surface area contributed by atoms with Crippen molar-refractivity contribution < 1.29 is 18.7 Å². The zero-order valence-corrected chi connectivity index (χ0v) is 15.2. The van der Waals surface area contributed by atoms with Gasteiger partial charge >= 0.3 is 6.03 Å². The van der Waals surface area contributed by atoms with E-state index in [0.29, 0.717) is 23.5 Å². The van der Waals surface area contributed by atoms with E-state index in [0.717, 1.165) is 24.8 Å². The molecule has 0 aliphatic carbocycles. The average Bonchev–Trinajstić information content (AvgIpc) is 3.37. The highest BCUT2D eigenvalue weighted by Crippen LogP contribution is 2.20. The number of hydrogen-bond donors (Lipinski definition) is 3. The van der Waals surface area contributed by atoms with E-state index in [4.69, 9.17) is 9.15 Å². The first-order chi connectivity index (χ1) is 13.7. The Bertz CT molecular complexity index is 942. The Kier molecular flexibility index (Phi) is 5.25. The van der Waals surface area contributed by atoms with E-state index in [1.54, 1.807) is 30.3 Å². The number of furan rings is 1. The molecule has 144 valence electrons. The summed E-state index contributed by atoms with van der Waals surface area (Å²) in [5, 5.41) is 9.22. The zero-order valence-electron chi connectivity index (χ0n) is 15.2. The van der Waals surface area contributed by atoms with Crippen molar-refractivity contribution in [1.29, 1.82) is 0 Å². The molecule has 7 heteroatoms. The Morgan fingerprint density at radius 3 is 2.46 bits per heavy atom. The lowest BCUT2D eigenvalue weighted by Crippen LogP contribution is -2.35. The molecule has 1 aliphatic rings. The second kappa shape index (κ2) is 8.14. The molecule has 1 aliphatic heterocycles. The van der Waals surface area contributed by atoms with Crippen LogP contribution in [0.25, 0.3) is 11.0 Å². The highest BCUT2D eigenvalue weighted by Gasteiger charge is 2.16. The molecule has 3 amide bonds. The molecule has 0 radical (unpaired) electrons. The Morgan fingerprint density at radius 1 is 1.00 bits per heavy atom. The normalized spacial score (nSPS) is 16.1. The van der Waals surface area contributed by atoms with Crippen LogP contribution in [-0.4, -0.2) is 31.2 Å². The van der Waals surface area contributed by atoms with Gasteiger partial charge in [0.1, 0.15) is 5.58 Å². The van der Waals surface area contributed by atoms with Crippen molar-refractivity contribution in [2.45, 2.75) is 18.9 Å². The van der Waals surface area contributed by atoms with Crippen LogP contribution in [0.5, 0.6) is 0 Å². The van der Waals surface area contributed by atoms with Crippen molar-refractivity contribution in [2.24, 2.45) is 0 Å². The first-order valence-electron chi connectivity index (χ1n) is 9.24. The van der Waals surface area contributed by atoms with Crippen molar-refractivity contribution in [3.63, 3.8) is 0 Å². The number of anilines is 2. The maximum atomic E-state index is 12.4. The summed E-state index contributed by atoms with van der Waals surface area (Å²) in [5.74, 6) is -0.0804. The molecular formula is C21H21N3O4. The summed E-state index contributed by atoms with van der Waals surface area (Å²) >= 11 is 0. The smallest absolute Gasteiger partial charge is 0.319 e. The third-order valence-corrected chi connectivity index (χ3v) is 4.56. The molecule has 1 fully saturated rings. The predicted octanol–water partition coefficient (Wildman–Crippen LogP) is 3.99. The fourth-order valence-electron chi connectivity index (χ4n) is 3.11. The van der Waals surface area contributed by atoms with Crippen molar-refractivity contribution in [3.05, 3.63) is 60.4 Å². The fraction of sp³-hybridized carbons (Fsp3) is 0.238. The van der Waals surface area contributed by atoms with Gasteiger partial charge in [-0.3, -0.25) is 4.79 Å². The van der Waals surface area contributed by atoms with Gasteiger partial charge in [0.05, 0.1) is 6.10 Å². The number of para-hydroxylation sites is 1. The molecular weight excluding hydrogens is 358 g/mol. The van der Waals surface area contributed by atoms with Crippen molar-refractivity contribution in [2.75, 3.05) is 23.8 Å². The quantitative estimate of drug-likeness (QED) is 0.625. The lowest BCUT2D eigenvalue weighted by molar-refractivity contribution is 0.0998. The van der Waals surface area contributed by atoms with Crippen LogP contribution in [0, 0.1) is 0 Å². The molecule has 3 N–H and O–H groups in total. The predicted molar refractivity (Wildman–Crippen MR) is 107 cm³/mol. The summed E-state index contributed by atoms with van der Waals surface area (Å²) in [5.41, 5.74) is 1.91. The number of rotatable bonds is 5. The van der Waals surface area contributed by atoms with Crippen LogP contribution in [0.2, 0.25) is 0 Å². The zero-order chi connectivity index (χ0) is 19.3. The number of carbonyl (C=O) groups is 2. The van der Waals surface area contributed by atoms with E-state index in [-0.39, 0.29) is 23.8 Å². The SMILES string of the molecule is O=C(NCC1CCCO1)Nc1ccc(NC(=O)c2cc3ccccc3o2)cc1. The van der Waals surface area contributed by atoms with Gasteiger partial charge in [0.15, 0.2) is 5.76 Å². The summed E-state index contributed by atoms with van der Waals surface area (Å²) in [4.78, 5) is 24.3. The molecule has 4 rings (SSSR count). The molecule has 1 aromatic heterocycles. The maximum absolute atomic E-state index is 12.4. The average molecular weight is 379 g/mol. The monoisotopic (exact) mass is 379 g/mol. The van der Waals surface area contributed by atoms with Crippen LogP contribution in [0.1, 0.15) is 23.4 Å². The number of nitrogens with one attached hydrogen (secondary N) is 3. The van der Waals surface area contributed by atoms with Crippen LogP contribution in [0.4, 0.5) is 16.2 Å². The van der Waals surface area contributed by atoms with E-state index in [2.05, 4.69) is 16.0 Å². The standard InChI is InChI=1S/C21H21N3O4/c25-20(19-12-14-4-1-2-6-18(14)28-19)23-15-7-9-16(10-8-15)24-21(26)22-13-17-5-3-11-27-17/h1-2,4,6-10,12,17H,3,5,11,13H2,(H,23,25)(H2,22,24,26). The van der Waals surface area contributed by atoms with E-state index < -0.39 is 0 Å². The van der Waals surface area contributed by atoms with E-state index >= 15 is 0 Å². The summed E-state index contributed by atoms with van der Waals surface area (Å²) < 4.78 is 11.0. The molecule has 0 spiro atoms. The van der Waals surface area contributed by atoms with Gasteiger partial charge in [0, 0.05) is 29.9 Å². The fourth-order valence-corrected chi connectivity index (χ4v) is 3.11. The first-order valence-corrected chi connectivity index (χ1v) is 9.24. The van der Waals surface area contributed by atoms with E-state index in [1.807, 2.05) is 24.3 Å². The number of ether oxygens (including phenoxy) is 1. The lowest BCUT2D eigenvalue weighted by Gasteiger charge is -2.12. The number of carbonyl (C=O) groups excluding carboxylic acids is 2. The minimum Gasteiger partial charge on any atom is -0.451 e. The molecule has 0 saturated carbocycles. The molecule has 0 bridgehead atoms. The van der Waals surface area contributed by atoms with E-state index in [9.17, 15) is 9.59 Å². The largest absolute Gasteiger partial charge is 0.451 e. The van der Waals surface area contributed by atoms with Crippen LogP contribution in [0.3, 0.4) is 0 Å². The third kappa shape index (κ3) is 4.32. The summed E-state index contributed by atoms with van der Waals surface area (Å²) in [6.07, 6.45) is 2.11. The minimum atomic E-state index is -0.328. The molecule has 2 heterocycles. The lowest BCUT2D eigenvalue weighted by atomic mass is 10.2. The number of benzene rings is 2. The van der Waals surface area contributed by atoms with Gasteiger partial charge in [-0.1, -0.05) is 18.2 Å². The van der Waals surface area contributed by atoms with Gasteiger partial charge in [-0.15, -0.1) is 0 Å². The molecule has 1 saturated heterocycles. The molecule has 3 aromatic rings. The van der Waals surface area contributed by atoms with E-state index in [1.165, 1.54) is 0 Å². The molecule has 28 heavy (non-hydrogen) atoms. The molecule has 7 nitrogen and oxygen atoms in total. The third-order valence-electron chi connectivity index (χ3n) is 4.56. The summed E-state index contributed by atoms with van der Waals surface area (Å²) in [6.45, 7) is 1.26. The number of amides is 3. The number of hydrogen-bond acceptors (Lipinski definition) is 4. The topological polar surface area (TPSA) is 92.6 Å². The second-order valence-electron chi connectivity index (χ2n) is 6.65. The maximum Gasteiger partial charge on any atom is 0.319 e. The Labute approximate surface area is 162 Å². The van der Waals surface area contributed by atoms with Crippen molar-refractivity contribution in [3.8, 4) is 0 Å². The highest BCUT2D eigenvalue weighted by atomic mass is 16.5. The van der Waals surface area contributed by atoms with Gasteiger partial charge in [-0.2, -0.15) is 0 Å². The summed E-state index contributed by atoms with van der Waals surface area (Å²) in [7, 11) is 0. The highest BCUT2D eigenvalue weighted by molar-refractivity contribution is 6.04. The van der Waals surface area contributed by atoms with Crippen LogP contribution in [0.15, 0.2) is 59.0 Å². The van der Waals surface area contributed by atoms with Gasteiger partial charge in [0.25, 0.3) is 5.91 Å². The summed E-state index contributed by atoms with van der Waals surface area (Å²) in [6, 6.07) is 15.8. The molecule has 2 aromatic carbocycles. The van der Waals surface area contributed by atoms with Gasteiger partial charge in [-0.05, 0) is 49.2 Å². The van der Waals surface area contributed by atoms with Crippen LogP contribution >= 0.6 is 0 Å². The molecule has 1 unspecified atom stereocenters. The van der Waals surface area contributed by atoms with Crippen LogP contribution < -0.4 is 16.0 Å². The second-order valence-corrected chi connectivity index (χ2v) is 6.65. The van der Waals surface area contributed by atoms with Crippen molar-refractivity contribution in [1.82, 2.24) is 5.32 Å². The number of fused-ring (bicyclic) bond motifs is 1. The van der Waals surface area contributed by atoms with Gasteiger partial charge in [0.2, 0.25) is 0 Å². The minimum absolute atomic E-state index is 0.0987. The van der Waals surface area contributed by atoms with Crippen LogP contribution in [-0.2, 0) is 4.74 Å². The Morgan fingerprint density at radius 2 is 1.75 bits per heavy atom. The van der Waals surface area contributed by atoms with Crippen molar-refractivity contribution >= 4 is 34.3 Å². The Balaban J connectivity index is 1.31.